The van der Waals surface area contributed by atoms with Crippen LogP contribution in [0.25, 0.3) is 11.0 Å². The number of fused-ring (bicyclic) bond motifs is 1. The Balaban J connectivity index is 1.29. The average Bonchev–Trinajstić information content (AvgIpc) is 3.22. The third-order valence-electron chi connectivity index (χ3n) is 4.10. The van der Waals surface area contributed by atoms with E-state index in [-0.39, 0.29) is 0 Å². The first kappa shape index (κ1) is 13.6. The standard InChI is InChI=1S/C17H24N2O/c1(3-5-9-16-14-20-16)2-4-6-12-19-13-10-15-8-7-11-18-17(15)19/h7-8,10-11,13,16H,1-6,9,12,14H2/t16-/m1/s1. The molecule has 0 amide bonds. The monoisotopic (exact) mass is 272 g/mol. The summed E-state index contributed by atoms with van der Waals surface area (Å²) in [6.45, 7) is 2.11. The molecule has 0 radical (unpaired) electrons. The first-order valence-electron chi connectivity index (χ1n) is 7.95. The van der Waals surface area contributed by atoms with Crippen molar-refractivity contribution in [2.24, 2.45) is 0 Å². The van der Waals surface area contributed by atoms with Crippen LogP contribution < -0.4 is 0 Å². The minimum Gasteiger partial charge on any atom is -0.373 e. The van der Waals surface area contributed by atoms with Gasteiger partial charge in [-0.05, 0) is 31.0 Å². The molecule has 1 aliphatic rings. The summed E-state index contributed by atoms with van der Waals surface area (Å²) in [6.07, 6.45) is 14.0. The van der Waals surface area contributed by atoms with Crippen molar-refractivity contribution in [3.8, 4) is 0 Å². The van der Waals surface area contributed by atoms with Crippen LogP contribution in [-0.4, -0.2) is 22.3 Å². The smallest absolute Gasteiger partial charge is 0.139 e. The van der Waals surface area contributed by atoms with Gasteiger partial charge in [0.2, 0.25) is 0 Å². The van der Waals surface area contributed by atoms with Crippen molar-refractivity contribution >= 4 is 11.0 Å². The van der Waals surface area contributed by atoms with E-state index in [2.05, 4.69) is 27.9 Å². The van der Waals surface area contributed by atoms with E-state index >= 15 is 0 Å². The highest BCUT2D eigenvalue weighted by Crippen LogP contribution is 2.18. The van der Waals surface area contributed by atoms with Crippen LogP contribution in [0.5, 0.6) is 0 Å². The van der Waals surface area contributed by atoms with E-state index < -0.39 is 0 Å². The predicted octanol–water partition coefficient (Wildman–Crippen LogP) is 4.17. The lowest BCUT2D eigenvalue weighted by molar-refractivity contribution is 0.387. The van der Waals surface area contributed by atoms with E-state index in [0.29, 0.717) is 6.10 Å². The molecule has 2 aromatic heterocycles. The highest BCUT2D eigenvalue weighted by molar-refractivity contribution is 5.75. The second kappa shape index (κ2) is 6.89. The number of aryl methyl sites for hydroxylation is 1. The minimum atomic E-state index is 0.615. The molecular formula is C17H24N2O. The van der Waals surface area contributed by atoms with Crippen molar-refractivity contribution in [3.63, 3.8) is 0 Å². The topological polar surface area (TPSA) is 30.4 Å². The number of pyridine rings is 1. The molecule has 3 heterocycles. The highest BCUT2D eigenvalue weighted by atomic mass is 16.6. The molecular weight excluding hydrogens is 248 g/mol. The molecule has 1 atom stereocenters. The van der Waals surface area contributed by atoms with E-state index in [1.165, 1.54) is 50.3 Å². The molecule has 2 aromatic rings. The Morgan fingerprint density at radius 3 is 2.75 bits per heavy atom. The summed E-state index contributed by atoms with van der Waals surface area (Å²) in [5, 5.41) is 1.25. The van der Waals surface area contributed by atoms with Crippen molar-refractivity contribution in [2.75, 3.05) is 6.61 Å². The average molecular weight is 272 g/mol. The lowest BCUT2D eigenvalue weighted by atomic mass is 10.1. The number of aromatic nitrogens is 2. The first-order valence-corrected chi connectivity index (χ1v) is 7.95. The van der Waals surface area contributed by atoms with Crippen molar-refractivity contribution in [1.29, 1.82) is 0 Å². The summed E-state index contributed by atoms with van der Waals surface area (Å²) in [7, 11) is 0. The van der Waals surface area contributed by atoms with Gasteiger partial charge in [-0.15, -0.1) is 0 Å². The molecule has 0 aromatic carbocycles. The van der Waals surface area contributed by atoms with Crippen LogP contribution in [0.4, 0.5) is 0 Å². The zero-order chi connectivity index (χ0) is 13.6. The third kappa shape index (κ3) is 3.83. The van der Waals surface area contributed by atoms with Gasteiger partial charge in [0.05, 0.1) is 12.7 Å². The maximum absolute atomic E-state index is 5.22. The number of epoxide rings is 1. The number of unbranched alkanes of at least 4 members (excludes halogenated alkanes) is 5. The fraction of sp³-hybridized carbons (Fsp3) is 0.588. The van der Waals surface area contributed by atoms with Crippen LogP contribution in [0.15, 0.2) is 30.6 Å². The number of nitrogens with zero attached hydrogens (tertiary/aromatic N) is 2. The van der Waals surface area contributed by atoms with E-state index in [1.54, 1.807) is 0 Å². The lowest BCUT2D eigenvalue weighted by Gasteiger charge is -2.05. The molecule has 3 rings (SSSR count). The fourth-order valence-corrected chi connectivity index (χ4v) is 2.80. The molecule has 1 fully saturated rings. The molecule has 1 aliphatic heterocycles. The molecule has 0 bridgehead atoms. The normalized spacial score (nSPS) is 17.7. The summed E-state index contributed by atoms with van der Waals surface area (Å²) in [5.41, 5.74) is 1.12. The molecule has 3 nitrogen and oxygen atoms in total. The SMILES string of the molecule is c1cnc2c(c1)ccn2CCCCCCCC[C@@H]1CO1. The van der Waals surface area contributed by atoms with Crippen molar-refractivity contribution < 1.29 is 4.74 Å². The quantitative estimate of drug-likeness (QED) is 0.506. The van der Waals surface area contributed by atoms with Crippen LogP contribution in [0.3, 0.4) is 0 Å². The van der Waals surface area contributed by atoms with Gasteiger partial charge >= 0.3 is 0 Å². The van der Waals surface area contributed by atoms with Crippen molar-refractivity contribution in [1.82, 2.24) is 9.55 Å². The molecule has 0 aliphatic carbocycles. The van der Waals surface area contributed by atoms with Gasteiger partial charge < -0.3 is 9.30 Å². The summed E-state index contributed by atoms with van der Waals surface area (Å²) in [6, 6.07) is 6.28. The zero-order valence-corrected chi connectivity index (χ0v) is 12.1. The molecule has 0 saturated carbocycles. The number of hydrogen-bond donors (Lipinski definition) is 0. The second-order valence-corrected chi connectivity index (χ2v) is 5.79. The van der Waals surface area contributed by atoms with Gasteiger partial charge in [0.15, 0.2) is 0 Å². The maximum atomic E-state index is 5.22. The second-order valence-electron chi connectivity index (χ2n) is 5.79. The van der Waals surface area contributed by atoms with Gasteiger partial charge in [0, 0.05) is 24.3 Å². The van der Waals surface area contributed by atoms with E-state index in [4.69, 9.17) is 4.74 Å². The molecule has 0 spiro atoms. The van der Waals surface area contributed by atoms with Crippen LogP contribution in [0.1, 0.15) is 44.9 Å². The summed E-state index contributed by atoms with van der Waals surface area (Å²) >= 11 is 0. The number of ether oxygens (including phenoxy) is 1. The van der Waals surface area contributed by atoms with Gasteiger partial charge in [-0.1, -0.05) is 32.1 Å². The highest BCUT2D eigenvalue weighted by Gasteiger charge is 2.20. The van der Waals surface area contributed by atoms with Crippen LogP contribution in [-0.2, 0) is 11.3 Å². The molecule has 108 valence electrons. The first-order chi connectivity index (χ1) is 9.93. The van der Waals surface area contributed by atoms with Crippen LogP contribution in [0.2, 0.25) is 0 Å². The minimum absolute atomic E-state index is 0.615. The Morgan fingerprint density at radius 2 is 1.90 bits per heavy atom. The molecule has 1 saturated heterocycles. The summed E-state index contributed by atoms with van der Waals surface area (Å²) < 4.78 is 7.50. The molecule has 0 unspecified atom stereocenters. The molecule has 3 heteroatoms. The Bertz CT molecular complexity index is 531. The number of rotatable bonds is 9. The van der Waals surface area contributed by atoms with E-state index in [0.717, 1.165) is 18.8 Å². The van der Waals surface area contributed by atoms with Gasteiger partial charge in [-0.25, -0.2) is 4.98 Å². The summed E-state index contributed by atoms with van der Waals surface area (Å²) in [4.78, 5) is 4.45. The van der Waals surface area contributed by atoms with Gasteiger partial charge in [0.25, 0.3) is 0 Å². The molecule has 0 N–H and O–H groups in total. The fourth-order valence-electron chi connectivity index (χ4n) is 2.80. The van der Waals surface area contributed by atoms with Gasteiger partial charge in [-0.3, -0.25) is 0 Å². The van der Waals surface area contributed by atoms with E-state index in [9.17, 15) is 0 Å². The molecule has 20 heavy (non-hydrogen) atoms. The lowest BCUT2D eigenvalue weighted by Crippen LogP contribution is -1.97. The Hall–Kier alpha value is -1.35. The summed E-state index contributed by atoms with van der Waals surface area (Å²) in [5.74, 6) is 0. The largest absolute Gasteiger partial charge is 0.373 e. The third-order valence-corrected chi connectivity index (χ3v) is 4.10. The Morgan fingerprint density at radius 1 is 1.10 bits per heavy atom. The Kier molecular flexibility index (Phi) is 4.69. The van der Waals surface area contributed by atoms with E-state index in [1.807, 2.05) is 12.3 Å². The maximum Gasteiger partial charge on any atom is 0.139 e. The van der Waals surface area contributed by atoms with Crippen LogP contribution >= 0.6 is 0 Å². The van der Waals surface area contributed by atoms with Gasteiger partial charge in [0.1, 0.15) is 5.65 Å². The van der Waals surface area contributed by atoms with Crippen molar-refractivity contribution in [3.05, 3.63) is 30.6 Å². The van der Waals surface area contributed by atoms with Gasteiger partial charge in [-0.2, -0.15) is 0 Å². The zero-order valence-electron chi connectivity index (χ0n) is 12.1. The Labute approximate surface area is 121 Å². The van der Waals surface area contributed by atoms with Crippen LogP contribution in [0, 0.1) is 0 Å². The van der Waals surface area contributed by atoms with Crippen molar-refractivity contribution in [2.45, 2.75) is 57.6 Å². The predicted molar refractivity (Wildman–Crippen MR) is 81.8 cm³/mol. The number of hydrogen-bond acceptors (Lipinski definition) is 2.